The molecule has 3 nitrogen and oxygen atoms in total. The lowest BCUT2D eigenvalue weighted by Crippen LogP contribution is -2.43. The molecule has 0 saturated carbocycles. The number of benzene rings is 1. The summed E-state index contributed by atoms with van der Waals surface area (Å²) < 4.78 is 12.8. The highest BCUT2D eigenvalue weighted by molar-refractivity contribution is 5.69. The van der Waals surface area contributed by atoms with Crippen molar-refractivity contribution >= 4 is 5.97 Å². The van der Waals surface area contributed by atoms with Crippen LogP contribution in [0.5, 0.6) is 0 Å². The molecule has 4 heteroatoms. The highest BCUT2D eigenvalue weighted by Gasteiger charge is 2.19. The lowest BCUT2D eigenvalue weighted by atomic mass is 10.0. The van der Waals surface area contributed by atoms with Crippen molar-refractivity contribution in [3.63, 3.8) is 0 Å². The van der Waals surface area contributed by atoms with Gasteiger partial charge in [-0.15, -0.1) is 0 Å². The number of carboxylic acids is 1. The molecule has 100 valence electrons. The second-order valence-electron chi connectivity index (χ2n) is 4.84. The van der Waals surface area contributed by atoms with Crippen molar-refractivity contribution < 1.29 is 14.3 Å². The van der Waals surface area contributed by atoms with Gasteiger partial charge in [-0.3, -0.25) is 9.69 Å². The van der Waals surface area contributed by atoms with Crippen LogP contribution in [0, 0.1) is 5.82 Å². The predicted molar refractivity (Wildman–Crippen MR) is 69.0 cm³/mol. The third-order valence-corrected chi connectivity index (χ3v) is 2.99. The van der Waals surface area contributed by atoms with E-state index >= 15 is 0 Å². The fourth-order valence-electron chi connectivity index (χ4n) is 2.08. The van der Waals surface area contributed by atoms with E-state index in [4.69, 9.17) is 5.11 Å². The molecule has 18 heavy (non-hydrogen) atoms. The maximum absolute atomic E-state index is 12.8. The zero-order valence-corrected chi connectivity index (χ0v) is 11.1. The first-order chi connectivity index (χ1) is 8.40. The molecule has 0 spiro atoms. The molecule has 0 aliphatic heterocycles. The largest absolute Gasteiger partial charge is 0.480 e. The third-order valence-electron chi connectivity index (χ3n) is 2.99. The molecule has 1 atom stereocenters. The average Bonchev–Trinajstić information content (AvgIpc) is 2.28. The van der Waals surface area contributed by atoms with E-state index in [2.05, 4.69) is 0 Å². The van der Waals surface area contributed by atoms with Gasteiger partial charge >= 0.3 is 5.97 Å². The Balaban J connectivity index is 2.68. The summed E-state index contributed by atoms with van der Waals surface area (Å²) in [6, 6.07) is 6.61. The standard InChI is InChI=1S/C14H20FNO2/c1-10(2)16(9-14(17)18)11(3)8-12-4-6-13(15)7-5-12/h4-7,10-11H,8-9H2,1-3H3,(H,17,18). The van der Waals surface area contributed by atoms with Gasteiger partial charge in [-0.2, -0.15) is 0 Å². The van der Waals surface area contributed by atoms with Crippen LogP contribution in [0.2, 0.25) is 0 Å². The molecule has 0 aliphatic rings. The molecule has 0 heterocycles. The molecule has 1 unspecified atom stereocenters. The summed E-state index contributed by atoms with van der Waals surface area (Å²) in [5, 5.41) is 8.89. The number of carboxylic acid groups (broad SMARTS) is 1. The highest BCUT2D eigenvalue weighted by Crippen LogP contribution is 2.12. The molecule has 0 aliphatic carbocycles. The Morgan fingerprint density at radius 3 is 2.28 bits per heavy atom. The lowest BCUT2D eigenvalue weighted by molar-refractivity contribution is -0.139. The van der Waals surface area contributed by atoms with Crippen LogP contribution in [0.25, 0.3) is 0 Å². The second kappa shape index (κ2) is 6.50. The summed E-state index contributed by atoms with van der Waals surface area (Å²) in [5.41, 5.74) is 1.01. The summed E-state index contributed by atoms with van der Waals surface area (Å²) >= 11 is 0. The predicted octanol–water partition coefficient (Wildman–Crippen LogP) is 2.55. The summed E-state index contributed by atoms with van der Waals surface area (Å²) in [4.78, 5) is 12.7. The molecular formula is C14H20FNO2. The van der Waals surface area contributed by atoms with Crippen molar-refractivity contribution in [3.05, 3.63) is 35.6 Å². The van der Waals surface area contributed by atoms with Gasteiger partial charge in [-0.1, -0.05) is 12.1 Å². The topological polar surface area (TPSA) is 40.5 Å². The SMILES string of the molecule is CC(C)N(CC(=O)O)C(C)Cc1ccc(F)cc1. The average molecular weight is 253 g/mol. The van der Waals surface area contributed by atoms with Crippen LogP contribution >= 0.6 is 0 Å². The van der Waals surface area contributed by atoms with Crippen molar-refractivity contribution in [2.45, 2.75) is 39.3 Å². The Hall–Kier alpha value is -1.42. The smallest absolute Gasteiger partial charge is 0.317 e. The number of aliphatic carboxylic acids is 1. The second-order valence-corrected chi connectivity index (χ2v) is 4.84. The Bertz CT molecular complexity index is 389. The third kappa shape index (κ3) is 4.45. The maximum atomic E-state index is 12.8. The minimum Gasteiger partial charge on any atom is -0.480 e. The summed E-state index contributed by atoms with van der Waals surface area (Å²) in [7, 11) is 0. The van der Waals surface area contributed by atoms with Crippen molar-refractivity contribution in [2.24, 2.45) is 0 Å². The lowest BCUT2D eigenvalue weighted by Gasteiger charge is -2.31. The van der Waals surface area contributed by atoms with Gasteiger partial charge in [0, 0.05) is 12.1 Å². The zero-order valence-electron chi connectivity index (χ0n) is 11.1. The van der Waals surface area contributed by atoms with E-state index in [9.17, 15) is 9.18 Å². The Morgan fingerprint density at radius 1 is 1.28 bits per heavy atom. The van der Waals surface area contributed by atoms with Crippen LogP contribution in [0.1, 0.15) is 26.3 Å². The fraction of sp³-hybridized carbons (Fsp3) is 0.500. The molecule has 0 amide bonds. The van der Waals surface area contributed by atoms with E-state index < -0.39 is 5.97 Å². The molecule has 0 fully saturated rings. The molecule has 1 rings (SSSR count). The number of carbonyl (C=O) groups is 1. The van der Waals surface area contributed by atoms with Gasteiger partial charge < -0.3 is 5.11 Å². The van der Waals surface area contributed by atoms with E-state index in [1.165, 1.54) is 12.1 Å². The van der Waals surface area contributed by atoms with Crippen molar-refractivity contribution in [1.29, 1.82) is 0 Å². The minimum atomic E-state index is -0.824. The zero-order chi connectivity index (χ0) is 13.7. The minimum absolute atomic E-state index is 0.0278. The van der Waals surface area contributed by atoms with Gasteiger partial charge in [-0.05, 0) is 44.9 Å². The Morgan fingerprint density at radius 2 is 1.83 bits per heavy atom. The van der Waals surface area contributed by atoms with Crippen LogP contribution < -0.4 is 0 Å². The number of nitrogens with zero attached hydrogens (tertiary/aromatic N) is 1. The molecule has 0 bridgehead atoms. The number of hydrogen-bond acceptors (Lipinski definition) is 2. The van der Waals surface area contributed by atoms with Crippen molar-refractivity contribution in [3.8, 4) is 0 Å². The van der Waals surface area contributed by atoms with Gasteiger partial charge in [-0.25, -0.2) is 4.39 Å². The monoisotopic (exact) mass is 253 g/mol. The first-order valence-corrected chi connectivity index (χ1v) is 6.12. The molecule has 1 aromatic rings. The van der Waals surface area contributed by atoms with Crippen LogP contribution in [-0.2, 0) is 11.2 Å². The first-order valence-electron chi connectivity index (χ1n) is 6.12. The van der Waals surface area contributed by atoms with Crippen LogP contribution in [0.4, 0.5) is 4.39 Å². The van der Waals surface area contributed by atoms with Crippen molar-refractivity contribution in [1.82, 2.24) is 4.90 Å². The van der Waals surface area contributed by atoms with Crippen LogP contribution in [0.3, 0.4) is 0 Å². The van der Waals surface area contributed by atoms with E-state index in [0.29, 0.717) is 6.42 Å². The van der Waals surface area contributed by atoms with Crippen LogP contribution in [-0.4, -0.2) is 34.6 Å². The Labute approximate surface area is 107 Å². The number of hydrogen-bond donors (Lipinski definition) is 1. The molecule has 0 aromatic heterocycles. The highest BCUT2D eigenvalue weighted by atomic mass is 19.1. The maximum Gasteiger partial charge on any atom is 0.317 e. The van der Waals surface area contributed by atoms with E-state index in [0.717, 1.165) is 5.56 Å². The Kier molecular flexibility index (Phi) is 5.28. The van der Waals surface area contributed by atoms with Crippen LogP contribution in [0.15, 0.2) is 24.3 Å². The fourth-order valence-corrected chi connectivity index (χ4v) is 2.08. The van der Waals surface area contributed by atoms with Gasteiger partial charge in [0.15, 0.2) is 0 Å². The number of halogens is 1. The van der Waals surface area contributed by atoms with E-state index in [-0.39, 0.29) is 24.4 Å². The quantitative estimate of drug-likeness (QED) is 0.847. The summed E-state index contributed by atoms with van der Waals surface area (Å²) in [6.45, 7) is 5.97. The van der Waals surface area contributed by atoms with E-state index in [1.54, 1.807) is 12.1 Å². The van der Waals surface area contributed by atoms with Gasteiger partial charge in [0.1, 0.15) is 5.82 Å². The van der Waals surface area contributed by atoms with Gasteiger partial charge in [0.25, 0.3) is 0 Å². The first kappa shape index (κ1) is 14.6. The van der Waals surface area contributed by atoms with E-state index in [1.807, 2.05) is 25.7 Å². The van der Waals surface area contributed by atoms with Gasteiger partial charge in [0.05, 0.1) is 6.54 Å². The van der Waals surface area contributed by atoms with Gasteiger partial charge in [0.2, 0.25) is 0 Å². The number of rotatable bonds is 6. The summed E-state index contributed by atoms with van der Waals surface area (Å²) in [6.07, 6.45) is 0.714. The normalized spacial score (nSPS) is 13.0. The molecular weight excluding hydrogens is 233 g/mol. The molecule has 0 radical (unpaired) electrons. The summed E-state index contributed by atoms with van der Waals surface area (Å²) in [5.74, 6) is -1.08. The molecule has 0 saturated heterocycles. The molecule has 1 N–H and O–H groups in total. The van der Waals surface area contributed by atoms with Crippen molar-refractivity contribution in [2.75, 3.05) is 6.54 Å². The molecule has 1 aromatic carbocycles.